The summed E-state index contributed by atoms with van der Waals surface area (Å²) >= 11 is 0. The highest BCUT2D eigenvalue weighted by Crippen LogP contribution is 2.14. The van der Waals surface area contributed by atoms with Crippen molar-refractivity contribution in [2.75, 3.05) is 25.0 Å². The summed E-state index contributed by atoms with van der Waals surface area (Å²) in [5, 5.41) is 2.58. The van der Waals surface area contributed by atoms with Gasteiger partial charge in [0.05, 0.1) is 12.2 Å². The van der Waals surface area contributed by atoms with Crippen LogP contribution in [0.5, 0.6) is 0 Å². The Morgan fingerprint density at radius 3 is 2.47 bits per heavy atom. The molecule has 1 rings (SSSR count). The fourth-order valence-corrected chi connectivity index (χ4v) is 1.51. The second-order valence-corrected chi connectivity index (χ2v) is 3.85. The molecule has 1 aromatic carbocycles. The van der Waals surface area contributed by atoms with E-state index in [1.165, 1.54) is 4.90 Å². The quantitative estimate of drug-likeness (QED) is 0.769. The number of halogens is 2. The van der Waals surface area contributed by atoms with Crippen LogP contribution < -0.4 is 5.32 Å². The average molecular weight is 266 g/mol. The minimum absolute atomic E-state index is 0.0366. The topological polar surface area (TPSA) is 32.3 Å². The third-order valence-corrected chi connectivity index (χ3v) is 2.41. The highest BCUT2D eigenvalue weighted by atomic mass is 19.1. The third kappa shape index (κ3) is 4.54. The molecule has 0 bridgehead atoms. The van der Waals surface area contributed by atoms with Crippen LogP contribution in [0.3, 0.4) is 0 Å². The lowest BCUT2D eigenvalue weighted by atomic mass is 10.3. The van der Waals surface area contributed by atoms with Gasteiger partial charge in [-0.25, -0.2) is 8.78 Å². The Kier molecular flexibility index (Phi) is 5.73. The van der Waals surface area contributed by atoms with Gasteiger partial charge in [0, 0.05) is 13.1 Å². The molecule has 1 N–H and O–H groups in total. The Morgan fingerprint density at radius 2 is 1.89 bits per heavy atom. The Labute approximate surface area is 111 Å². The summed E-state index contributed by atoms with van der Waals surface area (Å²) in [6.45, 7) is 7.73. The molecule has 19 heavy (non-hydrogen) atoms. The maximum Gasteiger partial charge on any atom is 0.242 e. The highest BCUT2D eigenvalue weighted by molar-refractivity contribution is 5.81. The van der Waals surface area contributed by atoms with E-state index in [1.54, 1.807) is 12.2 Å². The zero-order chi connectivity index (χ0) is 14.3. The molecule has 102 valence electrons. The van der Waals surface area contributed by atoms with Gasteiger partial charge in [-0.1, -0.05) is 12.2 Å². The lowest BCUT2D eigenvalue weighted by Crippen LogP contribution is -2.35. The number of benzene rings is 1. The second-order valence-electron chi connectivity index (χ2n) is 3.85. The van der Waals surface area contributed by atoms with Gasteiger partial charge in [-0.3, -0.25) is 4.79 Å². The van der Waals surface area contributed by atoms with Crippen molar-refractivity contribution in [3.63, 3.8) is 0 Å². The first-order chi connectivity index (χ1) is 9.08. The van der Waals surface area contributed by atoms with Crippen LogP contribution in [0, 0.1) is 11.6 Å². The van der Waals surface area contributed by atoms with E-state index in [1.807, 2.05) is 0 Å². The van der Waals surface area contributed by atoms with Crippen molar-refractivity contribution < 1.29 is 13.6 Å². The number of nitrogens with one attached hydrogen (secondary N) is 1. The number of carbonyl (C=O) groups is 1. The third-order valence-electron chi connectivity index (χ3n) is 2.41. The molecule has 0 heterocycles. The van der Waals surface area contributed by atoms with Crippen LogP contribution in [0.15, 0.2) is 43.5 Å². The first kappa shape index (κ1) is 14.9. The fourth-order valence-electron chi connectivity index (χ4n) is 1.51. The minimum atomic E-state index is -0.604. The van der Waals surface area contributed by atoms with E-state index in [4.69, 9.17) is 0 Å². The number of carbonyl (C=O) groups excluding carboxylic acids is 1. The number of amides is 1. The van der Waals surface area contributed by atoms with Crippen LogP contribution in [-0.2, 0) is 4.79 Å². The molecule has 0 radical (unpaired) electrons. The molecule has 0 spiro atoms. The van der Waals surface area contributed by atoms with Crippen molar-refractivity contribution in [1.82, 2.24) is 4.90 Å². The fraction of sp³-hybridized carbons (Fsp3) is 0.214. The predicted octanol–water partition coefficient (Wildman–Crippen LogP) is 2.58. The average Bonchev–Trinajstić information content (AvgIpc) is 2.39. The number of rotatable bonds is 7. The summed E-state index contributed by atoms with van der Waals surface area (Å²) in [6.07, 6.45) is 3.17. The Hall–Kier alpha value is -2.17. The van der Waals surface area contributed by atoms with Crippen LogP contribution in [0.25, 0.3) is 0 Å². The van der Waals surface area contributed by atoms with E-state index in [0.29, 0.717) is 13.1 Å². The molecular formula is C14H16F2N2O. The largest absolute Gasteiger partial charge is 0.374 e. The Morgan fingerprint density at radius 1 is 1.26 bits per heavy atom. The summed E-state index contributed by atoms with van der Waals surface area (Å²) in [5.41, 5.74) is -0.0366. The molecule has 0 saturated carbocycles. The molecule has 1 amide bonds. The number of anilines is 1. The van der Waals surface area contributed by atoms with Gasteiger partial charge in [-0.15, -0.1) is 13.2 Å². The monoisotopic (exact) mass is 266 g/mol. The van der Waals surface area contributed by atoms with E-state index in [-0.39, 0.29) is 18.1 Å². The van der Waals surface area contributed by atoms with Gasteiger partial charge in [0.15, 0.2) is 0 Å². The Balaban J connectivity index is 2.63. The summed E-state index contributed by atoms with van der Waals surface area (Å²) in [6, 6.07) is 3.03. The number of nitrogens with zero attached hydrogens (tertiary/aromatic N) is 1. The summed E-state index contributed by atoms with van der Waals surface area (Å²) < 4.78 is 26.3. The molecule has 0 atom stereocenters. The van der Waals surface area contributed by atoms with Crippen LogP contribution in [0.2, 0.25) is 0 Å². The van der Waals surface area contributed by atoms with Crippen molar-refractivity contribution >= 4 is 11.6 Å². The molecular weight excluding hydrogens is 250 g/mol. The first-order valence-electron chi connectivity index (χ1n) is 5.77. The van der Waals surface area contributed by atoms with Crippen LogP contribution in [0.1, 0.15) is 0 Å². The van der Waals surface area contributed by atoms with Crippen molar-refractivity contribution in [1.29, 1.82) is 0 Å². The van der Waals surface area contributed by atoms with Gasteiger partial charge >= 0.3 is 0 Å². The molecule has 5 heteroatoms. The predicted molar refractivity (Wildman–Crippen MR) is 71.8 cm³/mol. The van der Waals surface area contributed by atoms with E-state index < -0.39 is 11.6 Å². The van der Waals surface area contributed by atoms with Crippen molar-refractivity contribution in [2.45, 2.75) is 0 Å². The Bertz CT molecular complexity index is 465. The summed E-state index contributed by atoms with van der Waals surface area (Å²) in [7, 11) is 0. The van der Waals surface area contributed by atoms with Gasteiger partial charge in [-0.2, -0.15) is 0 Å². The SMILES string of the molecule is C=CCN(CC=C)C(=O)CNc1cc(F)ccc1F. The summed E-state index contributed by atoms with van der Waals surface area (Å²) in [5.74, 6) is -1.41. The standard InChI is InChI=1S/C14H16F2N2O/c1-3-7-18(8-4-2)14(19)10-17-13-9-11(15)5-6-12(13)16/h3-6,9,17H,1-2,7-8,10H2. The smallest absolute Gasteiger partial charge is 0.242 e. The van der Waals surface area contributed by atoms with E-state index in [2.05, 4.69) is 18.5 Å². The van der Waals surface area contributed by atoms with E-state index in [0.717, 1.165) is 18.2 Å². The molecule has 0 aliphatic rings. The van der Waals surface area contributed by atoms with Crippen LogP contribution >= 0.6 is 0 Å². The summed E-state index contributed by atoms with van der Waals surface area (Å²) in [4.78, 5) is 13.3. The lowest BCUT2D eigenvalue weighted by molar-refractivity contribution is -0.128. The van der Waals surface area contributed by atoms with Gasteiger partial charge in [0.2, 0.25) is 5.91 Å². The molecule has 0 fully saturated rings. The van der Waals surface area contributed by atoms with Crippen LogP contribution in [-0.4, -0.2) is 30.4 Å². The molecule has 0 aromatic heterocycles. The lowest BCUT2D eigenvalue weighted by Gasteiger charge is -2.19. The number of hydrogen-bond donors (Lipinski definition) is 1. The molecule has 0 unspecified atom stereocenters. The van der Waals surface area contributed by atoms with Gasteiger partial charge in [0.1, 0.15) is 11.6 Å². The maximum absolute atomic E-state index is 13.3. The van der Waals surface area contributed by atoms with Gasteiger partial charge in [0.25, 0.3) is 0 Å². The van der Waals surface area contributed by atoms with Crippen molar-refractivity contribution in [3.05, 3.63) is 55.1 Å². The van der Waals surface area contributed by atoms with Crippen LogP contribution in [0.4, 0.5) is 14.5 Å². The minimum Gasteiger partial charge on any atom is -0.374 e. The highest BCUT2D eigenvalue weighted by Gasteiger charge is 2.11. The molecule has 1 aromatic rings. The molecule has 3 nitrogen and oxygen atoms in total. The molecule has 0 saturated heterocycles. The normalized spacial score (nSPS) is 9.79. The number of hydrogen-bond acceptors (Lipinski definition) is 2. The maximum atomic E-state index is 13.3. The second kappa shape index (κ2) is 7.31. The molecule has 0 aliphatic heterocycles. The molecule has 0 aliphatic carbocycles. The van der Waals surface area contributed by atoms with Crippen molar-refractivity contribution in [2.24, 2.45) is 0 Å². The van der Waals surface area contributed by atoms with Gasteiger partial charge < -0.3 is 10.2 Å². The van der Waals surface area contributed by atoms with Crippen molar-refractivity contribution in [3.8, 4) is 0 Å². The van der Waals surface area contributed by atoms with E-state index >= 15 is 0 Å². The zero-order valence-corrected chi connectivity index (χ0v) is 10.5. The first-order valence-corrected chi connectivity index (χ1v) is 5.77. The zero-order valence-electron chi connectivity index (χ0n) is 10.5. The van der Waals surface area contributed by atoms with Gasteiger partial charge in [-0.05, 0) is 18.2 Å². The van der Waals surface area contributed by atoms with E-state index in [9.17, 15) is 13.6 Å².